The Labute approximate surface area is 197 Å². The van der Waals surface area contributed by atoms with E-state index in [2.05, 4.69) is 15.5 Å². The number of carbonyl (C=O) groups is 3. The van der Waals surface area contributed by atoms with E-state index in [-0.39, 0.29) is 24.4 Å². The molecule has 1 unspecified atom stereocenters. The molecule has 2 aliphatic heterocycles. The van der Waals surface area contributed by atoms with Gasteiger partial charge in [-0.2, -0.15) is 0 Å². The largest absolute Gasteiger partial charge is 0.493 e. The molecule has 11 heteroatoms. The van der Waals surface area contributed by atoms with Crippen molar-refractivity contribution in [2.24, 2.45) is 5.73 Å². The Morgan fingerprint density at radius 1 is 1.28 bits per heavy atom. The molecule has 0 aromatic heterocycles. The van der Waals surface area contributed by atoms with Crippen LogP contribution in [0, 0.1) is 0 Å². The zero-order chi connectivity index (χ0) is 22.4. The number of anilines is 1. The molecule has 0 radical (unpaired) electrons. The lowest BCUT2D eigenvalue weighted by Crippen LogP contribution is -2.37. The highest BCUT2D eigenvalue weighted by molar-refractivity contribution is 8.18. The molecule has 1 aromatic carbocycles. The van der Waals surface area contributed by atoms with Crippen LogP contribution in [0.1, 0.15) is 31.2 Å². The first-order chi connectivity index (χ1) is 14.9. The number of nitrogens with two attached hydrogens (primary N) is 1. The minimum Gasteiger partial charge on any atom is -0.493 e. The van der Waals surface area contributed by atoms with Crippen LogP contribution in [0.2, 0.25) is 0 Å². The van der Waals surface area contributed by atoms with Gasteiger partial charge in [-0.1, -0.05) is 0 Å². The molecule has 0 saturated carbocycles. The molecule has 3 rings (SSSR count). The number of benzene rings is 1. The third-order valence-electron chi connectivity index (χ3n) is 5.21. The standard InChI is InChI=1S/C21H28N4O5S.ClH/c1-29-16-9-13(10-18-20(27)24-21(28)31-18)15(11-17(16)30-2)25-8-6-14(12-25)23-19(26)5-3-4-7-22;/h9-11,14H,3-8,12,22H2,1-2H3,(H,23,26)(H,24,27,28);1H. The van der Waals surface area contributed by atoms with Crippen LogP contribution in [0.25, 0.3) is 6.08 Å². The molecule has 2 saturated heterocycles. The maximum Gasteiger partial charge on any atom is 0.290 e. The third kappa shape index (κ3) is 6.30. The van der Waals surface area contributed by atoms with Crippen molar-refractivity contribution in [1.29, 1.82) is 0 Å². The van der Waals surface area contributed by atoms with Crippen LogP contribution in [0.15, 0.2) is 17.0 Å². The third-order valence-corrected chi connectivity index (χ3v) is 6.02. The number of nitrogens with zero attached hydrogens (tertiary/aromatic N) is 1. The maximum absolute atomic E-state index is 12.2. The van der Waals surface area contributed by atoms with Crippen LogP contribution in [0.5, 0.6) is 11.5 Å². The smallest absolute Gasteiger partial charge is 0.290 e. The van der Waals surface area contributed by atoms with Gasteiger partial charge in [0.25, 0.3) is 11.1 Å². The Hall–Kier alpha value is -2.43. The molecule has 0 bridgehead atoms. The molecule has 0 spiro atoms. The number of ether oxygens (including phenoxy) is 2. The number of hydrogen-bond acceptors (Lipinski definition) is 8. The molecule has 4 N–H and O–H groups in total. The summed E-state index contributed by atoms with van der Waals surface area (Å²) in [6.45, 7) is 1.95. The van der Waals surface area contributed by atoms with Crippen LogP contribution < -0.4 is 30.7 Å². The van der Waals surface area contributed by atoms with Gasteiger partial charge in [0.15, 0.2) is 11.5 Å². The van der Waals surface area contributed by atoms with E-state index >= 15 is 0 Å². The average molecular weight is 485 g/mol. The van der Waals surface area contributed by atoms with E-state index in [4.69, 9.17) is 15.2 Å². The van der Waals surface area contributed by atoms with Crippen LogP contribution in [0.3, 0.4) is 0 Å². The predicted octanol–water partition coefficient (Wildman–Crippen LogP) is 2.27. The van der Waals surface area contributed by atoms with Gasteiger partial charge in [0, 0.05) is 42.9 Å². The summed E-state index contributed by atoms with van der Waals surface area (Å²) in [5.74, 6) is 0.706. The highest BCUT2D eigenvalue weighted by atomic mass is 35.5. The SMILES string of the molecule is COc1cc(C=C2SC(=O)NC2=O)c(N2CCC(NC(=O)CCCCN)C2)cc1OC.Cl. The predicted molar refractivity (Wildman–Crippen MR) is 128 cm³/mol. The fraction of sp³-hybridized carbons (Fsp3) is 0.476. The number of nitrogens with one attached hydrogen (secondary N) is 2. The number of rotatable bonds is 9. The minimum atomic E-state index is -0.417. The zero-order valence-corrected chi connectivity index (χ0v) is 19.8. The summed E-state index contributed by atoms with van der Waals surface area (Å²) in [4.78, 5) is 38.2. The van der Waals surface area contributed by atoms with Crippen molar-refractivity contribution in [3.8, 4) is 11.5 Å². The van der Waals surface area contributed by atoms with E-state index in [0.717, 1.165) is 48.8 Å². The van der Waals surface area contributed by atoms with Gasteiger partial charge in [0.05, 0.1) is 19.1 Å². The molecule has 3 amide bonds. The number of amides is 3. The fourth-order valence-electron chi connectivity index (χ4n) is 3.66. The van der Waals surface area contributed by atoms with E-state index in [1.807, 2.05) is 6.07 Å². The van der Waals surface area contributed by atoms with Gasteiger partial charge in [-0.05, 0) is 49.7 Å². The van der Waals surface area contributed by atoms with Crippen LogP contribution in [-0.4, -0.2) is 56.9 Å². The minimum absolute atomic E-state index is 0. The molecule has 176 valence electrons. The average Bonchev–Trinajstić information content (AvgIpc) is 3.33. The highest BCUT2D eigenvalue weighted by Crippen LogP contribution is 2.39. The van der Waals surface area contributed by atoms with E-state index in [1.54, 1.807) is 26.4 Å². The van der Waals surface area contributed by atoms with Crippen molar-refractivity contribution in [3.63, 3.8) is 0 Å². The monoisotopic (exact) mass is 484 g/mol. The van der Waals surface area contributed by atoms with Gasteiger partial charge >= 0.3 is 0 Å². The molecular weight excluding hydrogens is 456 g/mol. The van der Waals surface area contributed by atoms with Crippen LogP contribution in [0.4, 0.5) is 10.5 Å². The lowest BCUT2D eigenvalue weighted by atomic mass is 10.1. The molecule has 0 aliphatic carbocycles. The molecule has 32 heavy (non-hydrogen) atoms. The topological polar surface area (TPSA) is 123 Å². The molecule has 2 aliphatic rings. The van der Waals surface area contributed by atoms with Crippen LogP contribution >= 0.6 is 24.2 Å². The first-order valence-corrected chi connectivity index (χ1v) is 11.0. The zero-order valence-electron chi connectivity index (χ0n) is 18.1. The molecule has 2 heterocycles. The first-order valence-electron chi connectivity index (χ1n) is 10.2. The number of hydrogen-bond donors (Lipinski definition) is 3. The molecule has 2 fully saturated rings. The fourth-order valence-corrected chi connectivity index (χ4v) is 4.34. The second kappa shape index (κ2) is 12.0. The summed E-state index contributed by atoms with van der Waals surface area (Å²) >= 11 is 0.867. The summed E-state index contributed by atoms with van der Waals surface area (Å²) in [6, 6.07) is 3.68. The van der Waals surface area contributed by atoms with Gasteiger partial charge < -0.3 is 25.4 Å². The van der Waals surface area contributed by atoms with Crippen molar-refractivity contribution in [2.75, 3.05) is 38.8 Å². The van der Waals surface area contributed by atoms with E-state index in [9.17, 15) is 14.4 Å². The number of unbranched alkanes of at least 4 members (excludes halogenated alkanes) is 1. The number of carbonyl (C=O) groups excluding carboxylic acids is 3. The van der Waals surface area contributed by atoms with Gasteiger partial charge in [-0.3, -0.25) is 19.7 Å². The summed E-state index contributed by atoms with van der Waals surface area (Å²) in [7, 11) is 3.11. The lowest BCUT2D eigenvalue weighted by molar-refractivity contribution is -0.121. The van der Waals surface area contributed by atoms with Gasteiger partial charge in [-0.25, -0.2) is 0 Å². The summed E-state index contributed by atoms with van der Waals surface area (Å²) in [6.07, 6.45) is 4.58. The number of methoxy groups -OCH3 is 2. The summed E-state index contributed by atoms with van der Waals surface area (Å²) in [5.41, 5.74) is 7.07. The number of halogens is 1. The van der Waals surface area contributed by atoms with Crippen molar-refractivity contribution >= 4 is 53.0 Å². The maximum atomic E-state index is 12.2. The molecule has 9 nitrogen and oxygen atoms in total. The van der Waals surface area contributed by atoms with E-state index in [1.165, 1.54) is 0 Å². The molecule has 1 atom stereocenters. The van der Waals surface area contributed by atoms with E-state index in [0.29, 0.717) is 35.9 Å². The van der Waals surface area contributed by atoms with Crippen molar-refractivity contribution < 1.29 is 23.9 Å². The lowest BCUT2D eigenvalue weighted by Gasteiger charge is -2.23. The van der Waals surface area contributed by atoms with Gasteiger partial charge in [0.1, 0.15) is 0 Å². The number of thioether (sulfide) groups is 1. The van der Waals surface area contributed by atoms with E-state index < -0.39 is 11.1 Å². The summed E-state index contributed by atoms with van der Waals surface area (Å²) < 4.78 is 10.9. The van der Waals surface area contributed by atoms with Crippen molar-refractivity contribution in [2.45, 2.75) is 31.7 Å². The Morgan fingerprint density at radius 3 is 2.62 bits per heavy atom. The number of imide groups is 1. The Morgan fingerprint density at radius 2 is 2.00 bits per heavy atom. The second-order valence-corrected chi connectivity index (χ2v) is 8.38. The quantitative estimate of drug-likeness (QED) is 0.360. The van der Waals surface area contributed by atoms with Crippen molar-refractivity contribution in [3.05, 3.63) is 22.6 Å². The normalized spacial score (nSPS) is 19.0. The molecular formula is C21H29ClN4O5S. The first kappa shape index (κ1) is 25.8. The second-order valence-electron chi connectivity index (χ2n) is 7.36. The Bertz CT molecular complexity index is 895. The Kier molecular flexibility index (Phi) is 9.67. The van der Waals surface area contributed by atoms with Gasteiger partial charge in [-0.15, -0.1) is 12.4 Å². The van der Waals surface area contributed by atoms with Gasteiger partial charge in [0.2, 0.25) is 5.91 Å². The van der Waals surface area contributed by atoms with Crippen molar-refractivity contribution in [1.82, 2.24) is 10.6 Å². The summed E-state index contributed by atoms with van der Waals surface area (Å²) in [5, 5.41) is 4.97. The molecule has 1 aromatic rings. The highest BCUT2D eigenvalue weighted by Gasteiger charge is 2.29. The van der Waals surface area contributed by atoms with Crippen LogP contribution in [-0.2, 0) is 9.59 Å². The Balaban J connectivity index is 0.00000363.